The highest BCUT2D eigenvalue weighted by Crippen LogP contribution is 2.48. The highest BCUT2D eigenvalue weighted by molar-refractivity contribution is 7.54. The maximum absolute atomic E-state index is 12.4. The molecule has 0 atom stereocenters. The first kappa shape index (κ1) is 20.6. The second-order valence-corrected chi connectivity index (χ2v) is 7.08. The zero-order valence-corrected chi connectivity index (χ0v) is 15.3. The Morgan fingerprint density at radius 3 is 2.04 bits per heavy atom. The Bertz CT molecular complexity index is 571. The Morgan fingerprint density at radius 2 is 1.54 bits per heavy atom. The quantitative estimate of drug-likeness (QED) is 0.342. The van der Waals surface area contributed by atoms with Crippen LogP contribution in [0.25, 0.3) is 0 Å². The number of esters is 1. The Labute approximate surface area is 143 Å². The SMILES string of the molecule is CCOC(=O)CCc1ccc(C(=O)CP(=O)(OCC)OCC)cc1. The third kappa shape index (κ3) is 6.95. The van der Waals surface area contributed by atoms with Crippen molar-refractivity contribution in [2.75, 3.05) is 26.0 Å². The summed E-state index contributed by atoms with van der Waals surface area (Å²) in [4.78, 5) is 23.6. The predicted molar refractivity (Wildman–Crippen MR) is 91.5 cm³/mol. The molecule has 1 aromatic rings. The second kappa shape index (κ2) is 10.4. The van der Waals surface area contributed by atoms with E-state index in [0.29, 0.717) is 25.0 Å². The van der Waals surface area contributed by atoms with Crippen LogP contribution in [0, 0.1) is 0 Å². The minimum Gasteiger partial charge on any atom is -0.466 e. The Morgan fingerprint density at radius 1 is 0.958 bits per heavy atom. The summed E-state index contributed by atoms with van der Waals surface area (Å²) in [7, 11) is -3.40. The Balaban J connectivity index is 2.65. The van der Waals surface area contributed by atoms with Crippen LogP contribution in [0.5, 0.6) is 0 Å². The van der Waals surface area contributed by atoms with Crippen molar-refractivity contribution in [1.82, 2.24) is 0 Å². The van der Waals surface area contributed by atoms with Gasteiger partial charge in [0.05, 0.1) is 19.8 Å². The molecule has 7 heteroatoms. The molecule has 1 aromatic carbocycles. The molecule has 0 aromatic heterocycles. The summed E-state index contributed by atoms with van der Waals surface area (Å²) in [6, 6.07) is 6.87. The van der Waals surface area contributed by atoms with Gasteiger partial charge < -0.3 is 13.8 Å². The van der Waals surface area contributed by atoms with Crippen LogP contribution in [0.3, 0.4) is 0 Å². The van der Waals surface area contributed by atoms with Crippen LogP contribution in [-0.4, -0.2) is 37.7 Å². The van der Waals surface area contributed by atoms with Crippen LogP contribution in [0.1, 0.15) is 43.1 Å². The van der Waals surface area contributed by atoms with E-state index >= 15 is 0 Å². The number of rotatable bonds is 11. The molecule has 6 nitrogen and oxygen atoms in total. The highest BCUT2D eigenvalue weighted by Gasteiger charge is 2.28. The van der Waals surface area contributed by atoms with Crippen LogP contribution in [0.15, 0.2) is 24.3 Å². The summed E-state index contributed by atoms with van der Waals surface area (Å²) in [6.07, 6.45) is 0.561. The second-order valence-electron chi connectivity index (χ2n) is 5.03. The third-order valence-corrected chi connectivity index (χ3v) is 5.17. The lowest BCUT2D eigenvalue weighted by Crippen LogP contribution is -2.10. The van der Waals surface area contributed by atoms with Gasteiger partial charge in [0.1, 0.15) is 6.16 Å². The number of ketones is 1. The number of Topliss-reactive ketones (excluding diaryl/α,β-unsaturated/α-hetero) is 1. The molecule has 134 valence electrons. The largest absolute Gasteiger partial charge is 0.466 e. The molecular formula is C17H25O6P. The van der Waals surface area contributed by atoms with E-state index < -0.39 is 7.60 Å². The van der Waals surface area contributed by atoms with Gasteiger partial charge in [-0.3, -0.25) is 14.2 Å². The lowest BCUT2D eigenvalue weighted by Gasteiger charge is -2.16. The number of carbonyl (C=O) groups excluding carboxylic acids is 2. The van der Waals surface area contributed by atoms with Crippen molar-refractivity contribution in [2.45, 2.75) is 33.6 Å². The molecule has 0 amide bonds. The predicted octanol–water partition coefficient (Wildman–Crippen LogP) is 3.63. The van der Waals surface area contributed by atoms with Crippen molar-refractivity contribution in [3.63, 3.8) is 0 Å². The van der Waals surface area contributed by atoms with Gasteiger partial charge >= 0.3 is 13.6 Å². The summed E-state index contributed by atoms with van der Waals surface area (Å²) in [5, 5.41) is 0. The van der Waals surface area contributed by atoms with Crippen LogP contribution >= 0.6 is 7.60 Å². The molecule has 0 bridgehead atoms. The topological polar surface area (TPSA) is 78.9 Å². The molecule has 0 aliphatic carbocycles. The fraction of sp³-hybridized carbons (Fsp3) is 0.529. The average Bonchev–Trinajstić information content (AvgIpc) is 2.54. The van der Waals surface area contributed by atoms with Crippen LogP contribution in [0.2, 0.25) is 0 Å². The Hall–Kier alpha value is -1.49. The van der Waals surface area contributed by atoms with Crippen LogP contribution in [-0.2, 0) is 29.6 Å². The number of hydrogen-bond acceptors (Lipinski definition) is 6. The zero-order valence-electron chi connectivity index (χ0n) is 14.4. The van der Waals surface area contributed by atoms with Gasteiger partial charge in [-0.15, -0.1) is 0 Å². The van der Waals surface area contributed by atoms with Crippen molar-refractivity contribution in [3.05, 3.63) is 35.4 Å². The first-order valence-electron chi connectivity index (χ1n) is 8.10. The van der Waals surface area contributed by atoms with Crippen LogP contribution < -0.4 is 0 Å². The standard InChI is InChI=1S/C17H25O6P/c1-4-21-17(19)12-9-14-7-10-15(11-8-14)16(18)13-24(20,22-5-2)23-6-3/h7-8,10-11H,4-6,9,12-13H2,1-3H3. The van der Waals surface area contributed by atoms with Gasteiger partial charge in [-0.25, -0.2) is 0 Å². The molecule has 0 fully saturated rings. The molecule has 0 saturated heterocycles. The number of aryl methyl sites for hydroxylation is 1. The Kier molecular flexibility index (Phi) is 8.90. The highest BCUT2D eigenvalue weighted by atomic mass is 31.2. The van der Waals surface area contributed by atoms with E-state index in [1.807, 2.05) is 0 Å². The number of benzene rings is 1. The number of hydrogen-bond donors (Lipinski definition) is 0. The van der Waals surface area contributed by atoms with Gasteiger partial charge in [-0.05, 0) is 32.8 Å². The smallest absolute Gasteiger partial charge is 0.338 e. The van der Waals surface area contributed by atoms with Gasteiger partial charge in [-0.1, -0.05) is 24.3 Å². The summed E-state index contributed by atoms with van der Waals surface area (Å²) in [5.74, 6) is -0.538. The molecular weight excluding hydrogens is 331 g/mol. The molecule has 0 unspecified atom stereocenters. The van der Waals surface area contributed by atoms with E-state index in [1.165, 1.54) is 0 Å². The van der Waals surface area contributed by atoms with Crippen molar-refractivity contribution < 1.29 is 27.9 Å². The molecule has 1 rings (SSSR count). The summed E-state index contributed by atoms with van der Waals surface area (Å²) >= 11 is 0. The molecule has 0 aliphatic rings. The first-order valence-corrected chi connectivity index (χ1v) is 9.82. The zero-order chi connectivity index (χ0) is 18.0. The molecule has 0 radical (unpaired) electrons. The molecule has 0 N–H and O–H groups in total. The number of ether oxygens (including phenoxy) is 1. The van der Waals surface area contributed by atoms with Crippen molar-refractivity contribution in [2.24, 2.45) is 0 Å². The normalized spacial score (nSPS) is 11.3. The average molecular weight is 356 g/mol. The monoisotopic (exact) mass is 356 g/mol. The van der Waals surface area contributed by atoms with Crippen molar-refractivity contribution in [1.29, 1.82) is 0 Å². The van der Waals surface area contributed by atoms with E-state index in [-0.39, 0.29) is 31.1 Å². The molecule has 0 saturated carbocycles. The van der Waals surface area contributed by atoms with Gasteiger partial charge in [0.25, 0.3) is 0 Å². The van der Waals surface area contributed by atoms with E-state index in [2.05, 4.69) is 0 Å². The maximum atomic E-state index is 12.4. The lowest BCUT2D eigenvalue weighted by atomic mass is 10.1. The lowest BCUT2D eigenvalue weighted by molar-refractivity contribution is -0.143. The third-order valence-electron chi connectivity index (χ3n) is 3.19. The first-order chi connectivity index (χ1) is 11.4. The molecule has 24 heavy (non-hydrogen) atoms. The summed E-state index contributed by atoms with van der Waals surface area (Å²) in [6.45, 7) is 5.98. The van der Waals surface area contributed by atoms with E-state index in [0.717, 1.165) is 5.56 Å². The van der Waals surface area contributed by atoms with E-state index in [9.17, 15) is 14.2 Å². The van der Waals surface area contributed by atoms with Crippen molar-refractivity contribution >= 4 is 19.3 Å². The van der Waals surface area contributed by atoms with Gasteiger partial charge in [0.15, 0.2) is 5.78 Å². The minimum atomic E-state index is -3.40. The molecule has 0 spiro atoms. The molecule has 0 aliphatic heterocycles. The van der Waals surface area contributed by atoms with E-state index in [4.69, 9.17) is 13.8 Å². The summed E-state index contributed by atoms with van der Waals surface area (Å²) < 4.78 is 27.5. The fourth-order valence-corrected chi connectivity index (χ4v) is 3.70. The van der Waals surface area contributed by atoms with E-state index in [1.54, 1.807) is 45.0 Å². The fourth-order valence-electron chi connectivity index (χ4n) is 2.13. The van der Waals surface area contributed by atoms with Crippen molar-refractivity contribution in [3.8, 4) is 0 Å². The molecule has 0 heterocycles. The maximum Gasteiger partial charge on any atom is 0.338 e. The van der Waals surface area contributed by atoms with Gasteiger partial charge in [0.2, 0.25) is 0 Å². The van der Waals surface area contributed by atoms with Gasteiger partial charge in [-0.2, -0.15) is 0 Å². The minimum absolute atomic E-state index is 0.220. The van der Waals surface area contributed by atoms with Gasteiger partial charge in [0, 0.05) is 12.0 Å². The summed E-state index contributed by atoms with van der Waals surface area (Å²) in [5.41, 5.74) is 1.37. The van der Waals surface area contributed by atoms with Crippen LogP contribution in [0.4, 0.5) is 0 Å². The number of carbonyl (C=O) groups is 2.